The lowest BCUT2D eigenvalue weighted by atomic mass is 10.1. The number of hydrogen-bond acceptors (Lipinski definition) is 5. The zero-order valence-corrected chi connectivity index (χ0v) is 13.0. The van der Waals surface area contributed by atoms with Gasteiger partial charge in [0.25, 0.3) is 5.56 Å². The van der Waals surface area contributed by atoms with Crippen LogP contribution in [0, 0.1) is 0 Å². The molecule has 0 spiro atoms. The van der Waals surface area contributed by atoms with Crippen molar-refractivity contribution in [2.45, 2.75) is 26.4 Å². The van der Waals surface area contributed by atoms with E-state index in [0.717, 1.165) is 6.54 Å². The van der Waals surface area contributed by atoms with E-state index >= 15 is 0 Å². The van der Waals surface area contributed by atoms with Crippen LogP contribution in [0.3, 0.4) is 0 Å². The highest BCUT2D eigenvalue weighted by atomic mass is 35.5. The lowest BCUT2D eigenvalue weighted by Crippen LogP contribution is -2.58. The molecule has 2 heterocycles. The minimum atomic E-state index is -0.394. The molecule has 0 radical (unpaired) electrons. The topological polar surface area (TPSA) is 79.3 Å². The summed E-state index contributed by atoms with van der Waals surface area (Å²) in [6.45, 7) is 6.55. The Labute approximate surface area is 128 Å². The van der Waals surface area contributed by atoms with E-state index in [2.05, 4.69) is 15.7 Å². The molecule has 0 aliphatic carbocycles. The van der Waals surface area contributed by atoms with Crippen LogP contribution >= 0.6 is 11.6 Å². The molecule has 1 aliphatic heterocycles. The average molecular weight is 314 g/mol. The van der Waals surface area contributed by atoms with Crippen LogP contribution in [-0.4, -0.2) is 47.9 Å². The van der Waals surface area contributed by atoms with Crippen LogP contribution in [0.1, 0.15) is 13.8 Å². The Morgan fingerprint density at radius 1 is 1.57 bits per heavy atom. The van der Waals surface area contributed by atoms with Gasteiger partial charge in [0.15, 0.2) is 0 Å². The lowest BCUT2D eigenvalue weighted by molar-refractivity contribution is -0.122. The number of anilines is 1. The molecular weight excluding hydrogens is 294 g/mol. The van der Waals surface area contributed by atoms with Crippen molar-refractivity contribution in [1.29, 1.82) is 0 Å². The van der Waals surface area contributed by atoms with Crippen molar-refractivity contribution >= 4 is 23.2 Å². The van der Waals surface area contributed by atoms with Crippen molar-refractivity contribution in [3.8, 4) is 0 Å². The largest absolute Gasteiger partial charge is 0.355 e. The Hall–Kier alpha value is -1.60. The van der Waals surface area contributed by atoms with E-state index in [1.165, 1.54) is 4.68 Å². The van der Waals surface area contributed by atoms with Gasteiger partial charge in [-0.2, -0.15) is 5.10 Å². The molecule has 1 amide bonds. The fraction of sp³-hybridized carbons (Fsp3) is 0.615. The molecule has 0 saturated carbocycles. The predicted molar refractivity (Wildman–Crippen MR) is 81.9 cm³/mol. The summed E-state index contributed by atoms with van der Waals surface area (Å²) in [4.78, 5) is 26.1. The molecule has 7 nitrogen and oxygen atoms in total. The zero-order valence-electron chi connectivity index (χ0n) is 12.2. The smallest absolute Gasteiger partial charge is 0.287 e. The SMILES string of the molecule is CCNC(=O)C1CNCCN1c1cnn(CC)c(=O)c1Cl. The van der Waals surface area contributed by atoms with Gasteiger partial charge in [-0.25, -0.2) is 4.68 Å². The minimum Gasteiger partial charge on any atom is -0.355 e. The normalized spacial score (nSPS) is 18.6. The van der Waals surface area contributed by atoms with Gasteiger partial charge in [0, 0.05) is 32.7 Å². The summed E-state index contributed by atoms with van der Waals surface area (Å²) in [5, 5.41) is 10.2. The highest BCUT2D eigenvalue weighted by molar-refractivity contribution is 6.33. The molecule has 21 heavy (non-hydrogen) atoms. The summed E-state index contributed by atoms with van der Waals surface area (Å²) in [5.74, 6) is -0.0829. The number of halogens is 1. The Bertz CT molecular complexity index is 574. The summed E-state index contributed by atoms with van der Waals surface area (Å²) in [5.41, 5.74) is 0.189. The molecule has 1 aromatic heterocycles. The first-order chi connectivity index (χ1) is 10.1. The lowest BCUT2D eigenvalue weighted by Gasteiger charge is -2.36. The van der Waals surface area contributed by atoms with E-state index < -0.39 is 6.04 Å². The second-order valence-electron chi connectivity index (χ2n) is 4.77. The van der Waals surface area contributed by atoms with Gasteiger partial charge in [-0.15, -0.1) is 0 Å². The second-order valence-corrected chi connectivity index (χ2v) is 5.15. The third-order valence-electron chi connectivity index (χ3n) is 3.47. The Morgan fingerprint density at radius 3 is 3.00 bits per heavy atom. The fourth-order valence-electron chi connectivity index (χ4n) is 2.40. The number of rotatable bonds is 4. The summed E-state index contributed by atoms with van der Waals surface area (Å²) in [7, 11) is 0. The monoisotopic (exact) mass is 313 g/mol. The van der Waals surface area contributed by atoms with Crippen LogP contribution in [-0.2, 0) is 11.3 Å². The standard InChI is InChI=1S/C13H20ClN5O2/c1-3-16-12(20)10-7-15-5-6-18(10)9-8-17-19(4-2)13(21)11(9)14/h8,10,15H,3-7H2,1-2H3,(H,16,20). The van der Waals surface area contributed by atoms with Crippen molar-refractivity contribution in [3.63, 3.8) is 0 Å². The molecule has 2 N–H and O–H groups in total. The number of piperazine rings is 1. The van der Waals surface area contributed by atoms with Gasteiger partial charge in [0.05, 0.1) is 11.9 Å². The van der Waals surface area contributed by atoms with Crippen LogP contribution in [0.5, 0.6) is 0 Å². The van der Waals surface area contributed by atoms with Crippen LogP contribution in [0.2, 0.25) is 5.02 Å². The molecule has 1 atom stereocenters. The van der Waals surface area contributed by atoms with Gasteiger partial charge in [0.1, 0.15) is 11.1 Å². The Balaban J connectivity index is 2.36. The van der Waals surface area contributed by atoms with Crippen molar-refractivity contribution in [1.82, 2.24) is 20.4 Å². The maximum absolute atomic E-state index is 12.2. The number of likely N-dealkylation sites (N-methyl/N-ethyl adjacent to an activating group) is 1. The summed E-state index contributed by atoms with van der Waals surface area (Å²) >= 11 is 6.19. The number of nitrogens with zero attached hydrogens (tertiary/aromatic N) is 3. The molecule has 1 aliphatic rings. The maximum atomic E-state index is 12.2. The highest BCUT2D eigenvalue weighted by Gasteiger charge is 2.30. The summed E-state index contributed by atoms with van der Waals surface area (Å²) in [6.07, 6.45) is 1.56. The van der Waals surface area contributed by atoms with Gasteiger partial charge in [-0.3, -0.25) is 9.59 Å². The van der Waals surface area contributed by atoms with Crippen LogP contribution in [0.15, 0.2) is 11.0 Å². The first-order valence-electron chi connectivity index (χ1n) is 7.10. The number of carbonyl (C=O) groups excluding carboxylic acids is 1. The van der Waals surface area contributed by atoms with Crippen molar-refractivity contribution in [2.24, 2.45) is 0 Å². The molecule has 0 aromatic carbocycles. The van der Waals surface area contributed by atoms with Crippen LogP contribution in [0.25, 0.3) is 0 Å². The van der Waals surface area contributed by atoms with Gasteiger partial charge in [0.2, 0.25) is 5.91 Å². The molecule has 1 aromatic rings. The average Bonchev–Trinajstić information content (AvgIpc) is 2.50. The third-order valence-corrected chi connectivity index (χ3v) is 3.83. The van der Waals surface area contributed by atoms with Crippen molar-refractivity contribution in [2.75, 3.05) is 31.1 Å². The summed E-state index contributed by atoms with van der Waals surface area (Å²) in [6, 6.07) is -0.394. The Kier molecular flexibility index (Phi) is 5.19. The molecule has 1 fully saturated rings. The van der Waals surface area contributed by atoms with Crippen LogP contribution in [0.4, 0.5) is 5.69 Å². The molecule has 1 saturated heterocycles. The molecule has 116 valence electrons. The van der Waals surface area contributed by atoms with Gasteiger partial charge in [-0.05, 0) is 13.8 Å². The fourth-order valence-corrected chi connectivity index (χ4v) is 2.66. The van der Waals surface area contributed by atoms with E-state index in [9.17, 15) is 9.59 Å². The van der Waals surface area contributed by atoms with Gasteiger partial charge in [-0.1, -0.05) is 11.6 Å². The van der Waals surface area contributed by atoms with Crippen molar-refractivity contribution in [3.05, 3.63) is 21.6 Å². The number of amides is 1. The van der Waals surface area contributed by atoms with E-state index in [-0.39, 0.29) is 16.5 Å². The zero-order chi connectivity index (χ0) is 15.4. The number of carbonyl (C=O) groups is 1. The second kappa shape index (κ2) is 6.91. The Morgan fingerprint density at radius 2 is 2.33 bits per heavy atom. The van der Waals surface area contributed by atoms with Gasteiger partial charge < -0.3 is 15.5 Å². The number of hydrogen-bond donors (Lipinski definition) is 2. The minimum absolute atomic E-state index is 0.0829. The maximum Gasteiger partial charge on any atom is 0.287 e. The number of aromatic nitrogens is 2. The van der Waals surface area contributed by atoms with E-state index in [1.807, 2.05) is 18.7 Å². The third kappa shape index (κ3) is 3.19. The van der Waals surface area contributed by atoms with Gasteiger partial charge >= 0.3 is 0 Å². The molecule has 0 bridgehead atoms. The van der Waals surface area contributed by atoms with E-state index in [4.69, 9.17) is 11.6 Å². The van der Waals surface area contributed by atoms with E-state index in [0.29, 0.717) is 31.9 Å². The van der Waals surface area contributed by atoms with Crippen LogP contribution < -0.4 is 21.1 Å². The summed E-state index contributed by atoms with van der Waals surface area (Å²) < 4.78 is 1.30. The van der Waals surface area contributed by atoms with Crippen molar-refractivity contribution < 1.29 is 4.79 Å². The quantitative estimate of drug-likeness (QED) is 0.807. The highest BCUT2D eigenvalue weighted by Crippen LogP contribution is 2.24. The molecular formula is C13H20ClN5O2. The predicted octanol–water partition coefficient (Wildman–Crippen LogP) is -0.169. The molecule has 8 heteroatoms. The molecule has 1 unspecified atom stereocenters. The number of aryl methyl sites for hydroxylation is 1. The molecule has 2 rings (SSSR count). The first kappa shape index (κ1) is 15.8. The number of nitrogens with one attached hydrogen (secondary N) is 2. The first-order valence-corrected chi connectivity index (χ1v) is 7.48. The van der Waals surface area contributed by atoms with E-state index in [1.54, 1.807) is 6.20 Å².